The molecule has 0 aliphatic carbocycles. The largest absolute Gasteiger partial charge is 0.465 e. The Balaban J connectivity index is 1.08. The molecule has 16 heteroatoms. The third-order valence-electron chi connectivity index (χ3n) is 13.2. The van der Waals surface area contributed by atoms with Crippen LogP contribution in [0.15, 0.2) is 60.7 Å². The van der Waals surface area contributed by atoms with Gasteiger partial charge in [-0.25, -0.2) is 19.6 Å². The van der Waals surface area contributed by atoms with Crippen LogP contribution in [0.25, 0.3) is 22.1 Å². The number of H-pyrrole nitrogens is 2. The van der Waals surface area contributed by atoms with Gasteiger partial charge in [-0.2, -0.15) is 5.26 Å². The number of carboxylic acid groups (broad SMARTS) is 1. The summed E-state index contributed by atoms with van der Waals surface area (Å²) in [6.07, 6.45) is 3.03. The van der Waals surface area contributed by atoms with Gasteiger partial charge in [0.2, 0.25) is 11.8 Å². The number of aromatic nitrogens is 4. The number of hydrogen-bond donors (Lipinski definition) is 4. The fraction of sp³-hybridized carbons (Fsp3) is 0.468. The van der Waals surface area contributed by atoms with Gasteiger partial charge in [0.15, 0.2) is 0 Å². The standard InChI is InChI=1S/C47H56N10O6/c1-26(2)40(53-46(60)63-6)44(58)55-21-7-9-38(55)42-49-32-17-13-29(23-34(32)51-42)36-19-20-37(57(36)31-15-11-28(25-48)12-16-31)30-14-18-33-35(24-30)52-43(50-33)39-10-8-22-56(39)45(59)41(27(3)4)54(5)47(61)62/h11-18,23-24,26-27,36-41H,7-10,19-22H2,1-6H3,(H,49,51)(H,50,52)(H,53,60)(H,61,62)/t36-,37-,38+,39+,40+,41+/m1/s1. The van der Waals surface area contributed by atoms with Crippen LogP contribution in [0, 0.1) is 23.2 Å². The van der Waals surface area contributed by atoms with E-state index in [-0.39, 0.29) is 47.8 Å². The Bertz CT molecular complexity index is 2560. The van der Waals surface area contributed by atoms with Crippen molar-refractivity contribution < 1.29 is 29.0 Å². The van der Waals surface area contributed by atoms with E-state index in [0.29, 0.717) is 30.3 Å². The van der Waals surface area contributed by atoms with Gasteiger partial charge in [-0.3, -0.25) is 14.5 Å². The molecule has 4 amide bonds. The van der Waals surface area contributed by atoms with Crippen LogP contribution in [-0.4, -0.2) is 103 Å². The van der Waals surface area contributed by atoms with Crippen molar-refractivity contribution in [1.29, 1.82) is 5.26 Å². The van der Waals surface area contributed by atoms with Crippen LogP contribution < -0.4 is 10.2 Å². The van der Waals surface area contributed by atoms with E-state index >= 15 is 0 Å². The van der Waals surface area contributed by atoms with E-state index in [0.717, 1.165) is 82.3 Å². The highest BCUT2D eigenvalue weighted by molar-refractivity contribution is 5.87. The second-order valence-corrected chi connectivity index (χ2v) is 17.8. The number of carbonyl (C=O) groups is 4. The molecule has 16 nitrogen and oxygen atoms in total. The number of likely N-dealkylation sites (N-methyl/N-ethyl adjacent to an activating group) is 1. The zero-order chi connectivity index (χ0) is 44.7. The van der Waals surface area contributed by atoms with Crippen molar-refractivity contribution in [2.45, 2.75) is 102 Å². The van der Waals surface area contributed by atoms with Crippen molar-refractivity contribution in [2.24, 2.45) is 11.8 Å². The number of fused-ring (bicyclic) bond motifs is 2. The summed E-state index contributed by atoms with van der Waals surface area (Å²) < 4.78 is 4.81. The molecular weight excluding hydrogens is 801 g/mol. The molecule has 63 heavy (non-hydrogen) atoms. The van der Waals surface area contributed by atoms with E-state index < -0.39 is 24.3 Å². The summed E-state index contributed by atoms with van der Waals surface area (Å²) in [5.74, 6) is 0.702. The first-order valence-corrected chi connectivity index (χ1v) is 22.0. The minimum Gasteiger partial charge on any atom is -0.465 e. The minimum atomic E-state index is -1.14. The number of alkyl carbamates (subject to hydrolysis) is 1. The van der Waals surface area contributed by atoms with Crippen LogP contribution in [0.5, 0.6) is 0 Å². The number of likely N-dealkylation sites (tertiary alicyclic amines) is 2. The Kier molecular flexibility index (Phi) is 12.0. The van der Waals surface area contributed by atoms with Crippen LogP contribution in [0.3, 0.4) is 0 Å². The zero-order valence-corrected chi connectivity index (χ0v) is 36.7. The van der Waals surface area contributed by atoms with Crippen LogP contribution in [0.1, 0.15) is 119 Å². The van der Waals surface area contributed by atoms with Gasteiger partial charge in [-0.05, 0) is 110 Å². The molecule has 0 saturated carbocycles. The fourth-order valence-corrected chi connectivity index (χ4v) is 10.1. The summed E-state index contributed by atoms with van der Waals surface area (Å²) in [4.78, 5) is 75.9. The topological polar surface area (TPSA) is 204 Å². The highest BCUT2D eigenvalue weighted by Gasteiger charge is 2.41. The highest BCUT2D eigenvalue weighted by Crippen LogP contribution is 2.48. The van der Waals surface area contributed by atoms with E-state index in [9.17, 15) is 29.5 Å². The average molecular weight is 857 g/mol. The van der Waals surface area contributed by atoms with Crippen molar-refractivity contribution >= 4 is 51.8 Å². The summed E-state index contributed by atoms with van der Waals surface area (Å²) in [5.41, 5.74) is 7.11. The number of ether oxygens (including phenoxy) is 1. The van der Waals surface area contributed by atoms with Crippen molar-refractivity contribution in [3.8, 4) is 6.07 Å². The molecule has 3 fully saturated rings. The molecule has 3 aromatic carbocycles. The lowest BCUT2D eigenvalue weighted by Crippen LogP contribution is -2.51. The number of aromatic amines is 2. The SMILES string of the molecule is COC(=O)N[C@H](C(=O)N1CCC[C@H]1c1nc2ccc([C@H]3CC[C@H](c4ccc5nc([C@@H]6CCCN6C(=O)[C@H](C(C)C)N(C)C(=O)O)[nH]c5c4)N3c3ccc(C#N)cc3)cc2[nH]1)C(C)C. The van der Waals surface area contributed by atoms with E-state index in [1.54, 1.807) is 4.90 Å². The molecule has 3 aliphatic rings. The van der Waals surface area contributed by atoms with Crippen molar-refractivity contribution in [3.63, 3.8) is 0 Å². The summed E-state index contributed by atoms with van der Waals surface area (Å²) in [6, 6.07) is 20.5. The Hall–Kier alpha value is -6.63. The van der Waals surface area contributed by atoms with E-state index in [4.69, 9.17) is 14.7 Å². The minimum absolute atomic E-state index is 0.0104. The van der Waals surface area contributed by atoms with Crippen LogP contribution in [-0.2, 0) is 14.3 Å². The second kappa shape index (κ2) is 17.6. The molecule has 8 rings (SSSR count). The van der Waals surface area contributed by atoms with Gasteiger partial charge in [0.1, 0.15) is 23.7 Å². The van der Waals surface area contributed by atoms with E-state index in [2.05, 4.69) is 50.5 Å². The number of benzene rings is 3. The Morgan fingerprint density at radius 3 is 1.76 bits per heavy atom. The zero-order valence-electron chi connectivity index (χ0n) is 36.7. The first-order valence-electron chi connectivity index (χ1n) is 22.0. The number of nitriles is 1. The average Bonchev–Trinajstić information content (AvgIpc) is 4.13. The molecule has 4 N–H and O–H groups in total. The molecule has 6 atom stereocenters. The van der Waals surface area contributed by atoms with Crippen LogP contribution in [0.2, 0.25) is 0 Å². The highest BCUT2D eigenvalue weighted by atomic mass is 16.5. The summed E-state index contributed by atoms with van der Waals surface area (Å²) >= 11 is 0. The first-order chi connectivity index (χ1) is 30.3. The molecule has 0 spiro atoms. The normalized spacial score (nSPS) is 21.0. The maximum atomic E-state index is 13.9. The molecule has 0 radical (unpaired) electrons. The first kappa shape index (κ1) is 43.0. The molecule has 5 aromatic rings. The van der Waals surface area contributed by atoms with Gasteiger partial charge in [0.25, 0.3) is 0 Å². The molecule has 5 heterocycles. The lowest BCUT2D eigenvalue weighted by atomic mass is 10.0. The Morgan fingerprint density at radius 1 is 0.778 bits per heavy atom. The Morgan fingerprint density at radius 2 is 1.30 bits per heavy atom. The Labute approximate surface area is 366 Å². The maximum Gasteiger partial charge on any atom is 0.407 e. The van der Waals surface area contributed by atoms with Crippen molar-refractivity contribution in [1.82, 2.24) is 40.0 Å². The summed E-state index contributed by atoms with van der Waals surface area (Å²) in [5, 5.41) is 22.1. The van der Waals surface area contributed by atoms with Gasteiger partial charge < -0.3 is 39.8 Å². The number of anilines is 1. The number of hydrogen-bond acceptors (Lipinski definition) is 9. The van der Waals surface area contributed by atoms with Crippen molar-refractivity contribution in [3.05, 3.63) is 89.0 Å². The lowest BCUT2D eigenvalue weighted by molar-refractivity contribution is -0.138. The predicted molar refractivity (Wildman–Crippen MR) is 236 cm³/mol. The predicted octanol–water partition coefficient (Wildman–Crippen LogP) is 7.74. The maximum absolute atomic E-state index is 13.9. The van der Waals surface area contributed by atoms with Gasteiger partial charge in [-0.15, -0.1) is 0 Å². The molecule has 330 valence electrons. The molecule has 3 aliphatic heterocycles. The van der Waals surface area contributed by atoms with Gasteiger partial charge in [0.05, 0.1) is 65.0 Å². The number of nitrogens with zero attached hydrogens (tertiary/aromatic N) is 7. The summed E-state index contributed by atoms with van der Waals surface area (Å²) in [7, 11) is 2.74. The molecule has 2 aromatic heterocycles. The molecule has 3 saturated heterocycles. The molecular formula is C47H56N10O6. The number of nitrogens with one attached hydrogen (secondary N) is 3. The third-order valence-corrected chi connectivity index (χ3v) is 13.2. The van der Waals surface area contributed by atoms with E-state index in [1.165, 1.54) is 14.2 Å². The fourth-order valence-electron chi connectivity index (χ4n) is 10.1. The number of carbonyl (C=O) groups excluding carboxylic acids is 3. The van der Waals surface area contributed by atoms with Crippen LogP contribution in [0.4, 0.5) is 15.3 Å². The smallest absolute Gasteiger partial charge is 0.407 e. The number of imidazole rings is 2. The lowest BCUT2D eigenvalue weighted by Gasteiger charge is -2.33. The third kappa shape index (κ3) is 8.24. The van der Waals surface area contributed by atoms with Gasteiger partial charge >= 0.3 is 12.2 Å². The number of amides is 4. The second-order valence-electron chi connectivity index (χ2n) is 17.8. The monoisotopic (exact) mass is 856 g/mol. The molecule has 0 bridgehead atoms. The summed E-state index contributed by atoms with van der Waals surface area (Å²) in [6.45, 7) is 8.63. The van der Waals surface area contributed by atoms with Crippen molar-refractivity contribution in [2.75, 3.05) is 32.1 Å². The number of rotatable bonds is 11. The molecule has 0 unspecified atom stereocenters. The van der Waals surface area contributed by atoms with Gasteiger partial charge in [-0.1, -0.05) is 39.8 Å². The van der Waals surface area contributed by atoms with Crippen LogP contribution >= 0.6 is 0 Å². The van der Waals surface area contributed by atoms with E-state index in [1.807, 2.05) is 69.0 Å². The quantitative estimate of drug-likeness (QED) is 0.102. The van der Waals surface area contributed by atoms with Gasteiger partial charge in [0, 0.05) is 25.8 Å². The number of methoxy groups -OCH3 is 1.